The van der Waals surface area contributed by atoms with Crippen molar-refractivity contribution < 1.29 is 13.9 Å². The van der Waals surface area contributed by atoms with Crippen molar-refractivity contribution in [1.82, 2.24) is 0 Å². The highest BCUT2D eigenvalue weighted by atomic mass is 16.5. The van der Waals surface area contributed by atoms with Gasteiger partial charge in [-0.05, 0) is 47.9 Å². The van der Waals surface area contributed by atoms with Crippen LogP contribution in [-0.2, 0) is 0 Å². The second-order valence-corrected chi connectivity index (χ2v) is 6.24. The molecule has 0 N–H and O–H groups in total. The fourth-order valence-electron chi connectivity index (χ4n) is 2.96. The van der Waals surface area contributed by atoms with Gasteiger partial charge in [-0.3, -0.25) is 0 Å². The maximum atomic E-state index is 12.4. The van der Waals surface area contributed by atoms with Crippen LogP contribution in [-0.4, -0.2) is 5.97 Å². The molecule has 132 valence electrons. The first kappa shape index (κ1) is 16.8. The Labute approximate surface area is 155 Å². The summed E-state index contributed by atoms with van der Waals surface area (Å²) in [6, 6.07) is 23.6. The lowest BCUT2D eigenvalue weighted by atomic mass is 10.0. The maximum absolute atomic E-state index is 12.4. The average molecular weight is 356 g/mol. The number of carbonyl (C=O) groups is 1. The Hall–Kier alpha value is -3.66. The van der Waals surface area contributed by atoms with Gasteiger partial charge in [0, 0.05) is 17.5 Å². The normalized spacial score (nSPS) is 10.7. The predicted molar refractivity (Wildman–Crippen MR) is 104 cm³/mol. The van der Waals surface area contributed by atoms with Gasteiger partial charge in [-0.15, -0.1) is 0 Å². The highest BCUT2D eigenvalue weighted by Gasteiger charge is 2.11. The summed E-state index contributed by atoms with van der Waals surface area (Å²) in [5.74, 6) is -0.141. The average Bonchev–Trinajstić information content (AvgIpc) is 2.68. The van der Waals surface area contributed by atoms with Crippen molar-refractivity contribution in [3.63, 3.8) is 0 Å². The molecule has 4 rings (SSSR count). The Bertz CT molecular complexity index is 1170. The molecule has 0 radical (unpaired) electrons. The van der Waals surface area contributed by atoms with Crippen LogP contribution in [0.25, 0.3) is 22.1 Å². The summed E-state index contributed by atoms with van der Waals surface area (Å²) in [6.45, 7) is 1.83. The summed E-state index contributed by atoms with van der Waals surface area (Å²) < 4.78 is 10.6. The molecule has 27 heavy (non-hydrogen) atoms. The molecule has 4 heteroatoms. The minimum absolute atomic E-state index is 0.327. The smallest absolute Gasteiger partial charge is 0.343 e. The van der Waals surface area contributed by atoms with Crippen LogP contribution in [0.15, 0.2) is 88.1 Å². The summed E-state index contributed by atoms with van der Waals surface area (Å²) in [5.41, 5.74) is 3.33. The molecule has 0 spiro atoms. The van der Waals surface area contributed by atoms with E-state index in [1.165, 1.54) is 6.07 Å². The Balaban J connectivity index is 1.57. The molecule has 1 heterocycles. The predicted octanol–water partition coefficient (Wildman–Crippen LogP) is 4.99. The Morgan fingerprint density at radius 3 is 2.30 bits per heavy atom. The van der Waals surface area contributed by atoms with Gasteiger partial charge in [0.25, 0.3) is 0 Å². The molecular formula is C23H16O4. The van der Waals surface area contributed by atoms with E-state index in [1.54, 1.807) is 30.3 Å². The lowest BCUT2D eigenvalue weighted by molar-refractivity contribution is 0.0735. The van der Waals surface area contributed by atoms with Crippen LogP contribution in [0.4, 0.5) is 0 Å². The molecule has 0 amide bonds. The van der Waals surface area contributed by atoms with E-state index < -0.39 is 11.6 Å². The van der Waals surface area contributed by atoms with Gasteiger partial charge in [-0.25, -0.2) is 9.59 Å². The number of rotatable bonds is 3. The van der Waals surface area contributed by atoms with Crippen LogP contribution in [0, 0.1) is 6.92 Å². The number of aryl methyl sites for hydroxylation is 1. The van der Waals surface area contributed by atoms with E-state index >= 15 is 0 Å². The Morgan fingerprint density at radius 2 is 1.56 bits per heavy atom. The van der Waals surface area contributed by atoms with Crippen molar-refractivity contribution in [2.24, 2.45) is 0 Å². The summed E-state index contributed by atoms with van der Waals surface area (Å²) in [6.07, 6.45) is 0. The van der Waals surface area contributed by atoms with Gasteiger partial charge in [-0.1, -0.05) is 42.5 Å². The Morgan fingerprint density at radius 1 is 0.852 bits per heavy atom. The molecule has 1 aromatic heterocycles. The van der Waals surface area contributed by atoms with Gasteiger partial charge in [0.15, 0.2) is 0 Å². The van der Waals surface area contributed by atoms with Crippen molar-refractivity contribution >= 4 is 16.9 Å². The molecule has 0 bridgehead atoms. The van der Waals surface area contributed by atoms with Crippen LogP contribution in [0.5, 0.6) is 5.75 Å². The number of hydrogen-bond donors (Lipinski definition) is 0. The SMILES string of the molecule is Cc1cc(=O)oc2cc(OC(=O)c3ccc(-c4ccccc4)cc3)ccc12. The van der Waals surface area contributed by atoms with Gasteiger partial charge in [0.1, 0.15) is 11.3 Å². The highest BCUT2D eigenvalue weighted by molar-refractivity contribution is 5.92. The largest absolute Gasteiger partial charge is 0.423 e. The standard InChI is InChI=1S/C23H16O4/c1-15-13-22(24)27-21-14-19(11-12-20(15)21)26-23(25)18-9-7-17(8-10-18)16-5-3-2-4-6-16/h2-14H,1H3. The molecule has 3 aromatic carbocycles. The van der Waals surface area contributed by atoms with E-state index in [0.29, 0.717) is 16.9 Å². The third-order valence-corrected chi connectivity index (χ3v) is 4.36. The lowest BCUT2D eigenvalue weighted by Crippen LogP contribution is -2.08. The van der Waals surface area contributed by atoms with E-state index in [1.807, 2.05) is 49.4 Å². The zero-order valence-electron chi connectivity index (χ0n) is 14.6. The van der Waals surface area contributed by atoms with Crippen LogP contribution in [0.1, 0.15) is 15.9 Å². The summed E-state index contributed by atoms with van der Waals surface area (Å²) >= 11 is 0. The second kappa shape index (κ2) is 6.92. The first-order valence-electron chi connectivity index (χ1n) is 8.52. The number of fused-ring (bicyclic) bond motifs is 1. The maximum Gasteiger partial charge on any atom is 0.343 e. The highest BCUT2D eigenvalue weighted by Crippen LogP contribution is 2.24. The van der Waals surface area contributed by atoms with E-state index in [-0.39, 0.29) is 0 Å². The van der Waals surface area contributed by atoms with E-state index in [0.717, 1.165) is 22.1 Å². The van der Waals surface area contributed by atoms with Gasteiger partial charge in [0.05, 0.1) is 5.56 Å². The molecule has 4 aromatic rings. The number of ether oxygens (including phenoxy) is 1. The van der Waals surface area contributed by atoms with Gasteiger partial charge in [0.2, 0.25) is 0 Å². The fourth-order valence-corrected chi connectivity index (χ4v) is 2.96. The first-order valence-corrected chi connectivity index (χ1v) is 8.52. The number of carbonyl (C=O) groups excluding carboxylic acids is 1. The number of esters is 1. The topological polar surface area (TPSA) is 56.5 Å². The van der Waals surface area contributed by atoms with E-state index in [9.17, 15) is 9.59 Å². The third kappa shape index (κ3) is 3.51. The zero-order valence-corrected chi connectivity index (χ0v) is 14.6. The lowest BCUT2D eigenvalue weighted by Gasteiger charge is -2.07. The summed E-state index contributed by atoms with van der Waals surface area (Å²) in [7, 11) is 0. The van der Waals surface area contributed by atoms with Crippen LogP contribution < -0.4 is 10.4 Å². The number of hydrogen-bond acceptors (Lipinski definition) is 4. The zero-order chi connectivity index (χ0) is 18.8. The second-order valence-electron chi connectivity index (χ2n) is 6.24. The molecule has 0 aliphatic rings. The van der Waals surface area contributed by atoms with Crippen molar-refractivity contribution in [3.8, 4) is 16.9 Å². The molecule has 0 aliphatic carbocycles. The fraction of sp³-hybridized carbons (Fsp3) is 0.0435. The van der Waals surface area contributed by atoms with Crippen LogP contribution in [0.3, 0.4) is 0 Å². The summed E-state index contributed by atoms with van der Waals surface area (Å²) in [5, 5.41) is 0.807. The molecule has 0 aliphatic heterocycles. The van der Waals surface area contributed by atoms with Crippen LogP contribution >= 0.6 is 0 Å². The number of benzene rings is 3. The molecule has 4 nitrogen and oxygen atoms in total. The van der Waals surface area contributed by atoms with Crippen molar-refractivity contribution in [2.45, 2.75) is 6.92 Å². The summed E-state index contributed by atoms with van der Waals surface area (Å²) in [4.78, 5) is 24.0. The monoisotopic (exact) mass is 356 g/mol. The molecule has 0 atom stereocenters. The quantitative estimate of drug-likeness (QED) is 0.295. The van der Waals surface area contributed by atoms with Crippen molar-refractivity contribution in [3.05, 3.63) is 100 Å². The molecular weight excluding hydrogens is 340 g/mol. The van der Waals surface area contributed by atoms with Crippen molar-refractivity contribution in [2.75, 3.05) is 0 Å². The third-order valence-electron chi connectivity index (χ3n) is 4.36. The molecule has 0 saturated heterocycles. The van der Waals surface area contributed by atoms with E-state index in [2.05, 4.69) is 0 Å². The van der Waals surface area contributed by atoms with Gasteiger partial charge >= 0.3 is 11.6 Å². The van der Waals surface area contributed by atoms with E-state index in [4.69, 9.17) is 9.15 Å². The van der Waals surface area contributed by atoms with Crippen LogP contribution in [0.2, 0.25) is 0 Å². The minimum atomic E-state index is -0.469. The molecule has 0 saturated carbocycles. The van der Waals surface area contributed by atoms with Crippen molar-refractivity contribution in [1.29, 1.82) is 0 Å². The Kier molecular flexibility index (Phi) is 4.30. The van der Waals surface area contributed by atoms with Gasteiger partial charge in [-0.2, -0.15) is 0 Å². The molecule has 0 fully saturated rings. The minimum Gasteiger partial charge on any atom is -0.423 e. The molecule has 0 unspecified atom stereocenters. The first-order chi connectivity index (χ1) is 13.1. The van der Waals surface area contributed by atoms with Gasteiger partial charge < -0.3 is 9.15 Å².